The molecule has 2 aromatic heterocycles. The van der Waals surface area contributed by atoms with Crippen LogP contribution in [0.4, 0.5) is 0 Å². The van der Waals surface area contributed by atoms with Crippen molar-refractivity contribution in [1.29, 1.82) is 0 Å². The number of nitrogens with zero attached hydrogens (tertiary/aromatic N) is 2. The number of rotatable bonds is 7. The fraction of sp³-hybridized carbons (Fsp3) is 0.308. The van der Waals surface area contributed by atoms with Gasteiger partial charge in [0.1, 0.15) is 28.9 Å². The summed E-state index contributed by atoms with van der Waals surface area (Å²) < 4.78 is 15.4. The molecule has 0 radical (unpaired) electrons. The number of carbonyl (C=O) groups is 1. The lowest BCUT2D eigenvalue weighted by Gasteiger charge is -2.37. The van der Waals surface area contributed by atoms with Crippen LogP contribution in [0.25, 0.3) is 16.0 Å². The van der Waals surface area contributed by atoms with Crippen molar-refractivity contribution in [2.75, 3.05) is 0 Å². The lowest BCUT2D eigenvalue weighted by molar-refractivity contribution is 0.0695. The molecule has 36 heavy (non-hydrogen) atoms. The summed E-state index contributed by atoms with van der Waals surface area (Å²) in [6.45, 7) is 12.7. The lowest BCUT2D eigenvalue weighted by Crippen LogP contribution is -2.44. The maximum absolute atomic E-state index is 12.1. The first-order chi connectivity index (χ1) is 16.8. The van der Waals surface area contributed by atoms with Gasteiger partial charge in [-0.3, -0.25) is 4.57 Å². The average Bonchev–Trinajstić information content (AvgIpc) is 3.38. The summed E-state index contributed by atoms with van der Waals surface area (Å²) in [5, 5.41) is 11.1. The lowest BCUT2D eigenvalue weighted by atomic mass is 10.1. The van der Waals surface area contributed by atoms with E-state index < -0.39 is 20.4 Å². The van der Waals surface area contributed by atoms with Crippen molar-refractivity contribution in [2.45, 2.75) is 51.9 Å². The number of hydrogen-bond donors (Lipinski definition) is 1. The van der Waals surface area contributed by atoms with Crippen molar-refractivity contribution in [3.63, 3.8) is 0 Å². The molecule has 10 heteroatoms. The highest BCUT2D eigenvalue weighted by molar-refractivity contribution is 9.10. The van der Waals surface area contributed by atoms with Crippen LogP contribution in [0.2, 0.25) is 23.2 Å². The van der Waals surface area contributed by atoms with Gasteiger partial charge in [0, 0.05) is 16.1 Å². The van der Waals surface area contributed by atoms with E-state index in [1.165, 1.54) is 0 Å². The van der Waals surface area contributed by atoms with E-state index >= 15 is 0 Å². The molecule has 190 valence electrons. The van der Waals surface area contributed by atoms with Crippen molar-refractivity contribution in [3.8, 4) is 16.5 Å². The first-order valence-corrected chi connectivity index (χ1v) is 16.3. The van der Waals surface area contributed by atoms with Crippen LogP contribution in [-0.4, -0.2) is 28.9 Å². The first-order valence-electron chi connectivity index (χ1n) is 11.4. The number of carboxylic acid groups (broad SMARTS) is 1. The molecule has 4 aromatic rings. The van der Waals surface area contributed by atoms with Crippen LogP contribution in [-0.2, 0) is 0 Å². The van der Waals surface area contributed by atoms with Gasteiger partial charge in [-0.2, -0.15) is 0 Å². The second-order valence-electron chi connectivity index (χ2n) is 10.1. The highest BCUT2D eigenvalue weighted by atomic mass is 79.9. The Morgan fingerprint density at radius 1 is 1.19 bits per heavy atom. The molecule has 0 saturated carbocycles. The third-order valence-electron chi connectivity index (χ3n) is 6.53. The van der Waals surface area contributed by atoms with Crippen LogP contribution < -0.4 is 9.16 Å². The Bertz CT molecular complexity index is 1440. The summed E-state index contributed by atoms with van der Waals surface area (Å²) >= 11 is 11.4. The van der Waals surface area contributed by atoms with Crippen LogP contribution >= 0.6 is 38.9 Å². The summed E-state index contributed by atoms with van der Waals surface area (Å²) in [5.41, 5.74) is 2.40. The molecule has 2 heterocycles. The number of imidazole rings is 1. The molecule has 0 unspecified atom stereocenters. The Labute approximate surface area is 229 Å². The molecule has 6 nitrogen and oxygen atoms in total. The maximum Gasteiger partial charge on any atom is 0.349 e. The Morgan fingerprint density at radius 3 is 2.58 bits per heavy atom. The number of fused-ring (bicyclic) bond motifs is 1. The smallest absolute Gasteiger partial charge is 0.349 e. The van der Waals surface area contributed by atoms with E-state index in [0.717, 1.165) is 32.4 Å². The second-order valence-corrected chi connectivity index (χ2v) is 17.2. The van der Waals surface area contributed by atoms with E-state index in [0.29, 0.717) is 15.8 Å². The Kier molecular flexibility index (Phi) is 7.31. The summed E-state index contributed by atoms with van der Waals surface area (Å²) in [7, 11) is -2.10. The quantitative estimate of drug-likeness (QED) is 0.213. The van der Waals surface area contributed by atoms with Gasteiger partial charge in [0.25, 0.3) is 8.32 Å². The molecule has 0 aliphatic heterocycles. The number of carboxylic acids is 1. The summed E-state index contributed by atoms with van der Waals surface area (Å²) in [5.74, 6) is -0.157. The maximum atomic E-state index is 12.1. The first kappa shape index (κ1) is 26.7. The molecule has 0 amide bonds. The summed E-state index contributed by atoms with van der Waals surface area (Å²) in [4.78, 5) is 16.6. The van der Waals surface area contributed by atoms with Crippen molar-refractivity contribution < 1.29 is 19.1 Å². The molecule has 1 N–H and O–H groups in total. The minimum atomic E-state index is -2.10. The third-order valence-corrected chi connectivity index (χ3v) is 12.9. The van der Waals surface area contributed by atoms with E-state index in [1.54, 1.807) is 12.4 Å². The van der Waals surface area contributed by atoms with Crippen molar-refractivity contribution in [2.24, 2.45) is 0 Å². The van der Waals surface area contributed by atoms with Crippen molar-refractivity contribution in [3.05, 3.63) is 68.7 Å². The van der Waals surface area contributed by atoms with Crippen LogP contribution in [0.5, 0.6) is 11.5 Å². The minimum Gasteiger partial charge on any atom is -0.542 e. The van der Waals surface area contributed by atoms with E-state index in [-0.39, 0.29) is 15.7 Å². The van der Waals surface area contributed by atoms with Crippen molar-refractivity contribution >= 4 is 64.2 Å². The molecule has 0 saturated heterocycles. The topological polar surface area (TPSA) is 73.6 Å². The number of aromatic nitrogens is 2. The van der Waals surface area contributed by atoms with E-state index in [4.69, 9.17) is 20.8 Å². The number of thiophene rings is 1. The van der Waals surface area contributed by atoms with Gasteiger partial charge in [-0.25, -0.2) is 9.78 Å². The summed E-state index contributed by atoms with van der Waals surface area (Å²) in [6, 6.07) is 13.1. The number of hydrogen-bond acceptors (Lipinski definition) is 5. The zero-order valence-corrected chi connectivity index (χ0v) is 25.1. The van der Waals surface area contributed by atoms with E-state index in [9.17, 15) is 9.90 Å². The minimum absolute atomic E-state index is 0.0188. The van der Waals surface area contributed by atoms with E-state index in [1.807, 2.05) is 47.9 Å². The molecule has 0 bridgehead atoms. The van der Waals surface area contributed by atoms with Crippen LogP contribution in [0, 0.1) is 0 Å². The Morgan fingerprint density at radius 2 is 1.92 bits per heavy atom. The fourth-order valence-electron chi connectivity index (χ4n) is 3.48. The molecule has 0 fully saturated rings. The van der Waals surface area contributed by atoms with Gasteiger partial charge >= 0.3 is 5.97 Å². The van der Waals surface area contributed by atoms with Gasteiger partial charge in [-0.05, 0) is 49.3 Å². The van der Waals surface area contributed by atoms with Gasteiger partial charge < -0.3 is 14.3 Å². The molecule has 1 atom stereocenters. The molecule has 0 spiro atoms. The van der Waals surface area contributed by atoms with Gasteiger partial charge in [0.2, 0.25) is 0 Å². The third kappa shape index (κ3) is 5.20. The monoisotopic (exact) mass is 606 g/mol. The fourth-order valence-corrected chi connectivity index (χ4v) is 6.15. The molecular weight excluding hydrogens is 580 g/mol. The average molecular weight is 608 g/mol. The van der Waals surface area contributed by atoms with Crippen molar-refractivity contribution in [1.82, 2.24) is 9.55 Å². The molecular formula is C26H28BrClN2O4SSi. The largest absolute Gasteiger partial charge is 0.542 e. The normalized spacial score (nSPS) is 13.1. The Balaban J connectivity index is 1.67. The van der Waals surface area contributed by atoms with Crippen LogP contribution in [0.3, 0.4) is 0 Å². The van der Waals surface area contributed by atoms with Crippen LogP contribution in [0.1, 0.15) is 49.0 Å². The van der Waals surface area contributed by atoms with Gasteiger partial charge in [0.05, 0.1) is 16.1 Å². The molecule has 2 aromatic carbocycles. The molecule has 4 rings (SSSR count). The van der Waals surface area contributed by atoms with Gasteiger partial charge in [0.15, 0.2) is 4.88 Å². The van der Waals surface area contributed by atoms with Crippen LogP contribution in [0.15, 0.2) is 53.3 Å². The van der Waals surface area contributed by atoms with Gasteiger partial charge in [-0.15, -0.1) is 11.3 Å². The predicted octanol–water partition coefficient (Wildman–Crippen LogP) is 8.73. The summed E-state index contributed by atoms with van der Waals surface area (Å²) in [6.07, 6.45) is 1.18. The number of halogens is 2. The number of aromatic carboxylic acids is 1. The van der Waals surface area contributed by atoms with E-state index in [2.05, 4.69) is 54.8 Å². The zero-order valence-electron chi connectivity index (χ0n) is 20.9. The number of ether oxygens (including phenoxy) is 1. The number of benzene rings is 2. The predicted molar refractivity (Wildman–Crippen MR) is 152 cm³/mol. The SMILES string of the molecule is C[C@@H](Oc1cc(-n2cnc3ccc(Br)cc32)sc1C(=O)O)c1cccc(O[Si](C)(C)C(C)(C)C)c1Cl. The standard InChI is InChI=1S/C26H28BrClN2O4SSi/c1-15(17-8-7-9-20(23(17)28)34-36(5,6)26(2,3)4)33-21-13-22(35-24(21)25(31)32)30-14-29-18-11-10-16(27)12-19(18)30/h7-15H,1-6H3,(H,31,32)/t15-/m1/s1. The van der Waals surface area contributed by atoms with Gasteiger partial charge in [-0.1, -0.05) is 60.4 Å². The molecule has 0 aliphatic carbocycles. The highest BCUT2D eigenvalue weighted by Crippen LogP contribution is 2.42. The second kappa shape index (κ2) is 9.85. The Hall–Kier alpha value is -2.33. The molecule has 0 aliphatic rings. The highest BCUT2D eigenvalue weighted by Gasteiger charge is 2.39. The zero-order chi connectivity index (χ0) is 26.4.